The van der Waals surface area contributed by atoms with Gasteiger partial charge in [0.1, 0.15) is 5.78 Å². The number of ether oxygens (including phenoxy) is 1. The maximum Gasteiger partial charge on any atom is 0.142 e. The van der Waals surface area contributed by atoms with Gasteiger partial charge in [-0.15, -0.1) is 11.3 Å². The van der Waals surface area contributed by atoms with E-state index >= 15 is 0 Å². The highest BCUT2D eigenvalue weighted by Gasteiger charge is 2.31. The number of fused-ring (bicyclic) bond motifs is 1. The molecule has 0 spiro atoms. The summed E-state index contributed by atoms with van der Waals surface area (Å²) in [5.41, 5.74) is 1.76. The lowest BCUT2D eigenvalue weighted by atomic mass is 9.89. The first-order valence-electron chi connectivity index (χ1n) is 10.2. The van der Waals surface area contributed by atoms with Gasteiger partial charge in [-0.05, 0) is 50.4 Å². The van der Waals surface area contributed by atoms with Crippen molar-refractivity contribution in [2.24, 2.45) is 5.92 Å². The predicted molar refractivity (Wildman–Crippen MR) is 113 cm³/mol. The van der Waals surface area contributed by atoms with Crippen molar-refractivity contribution in [3.05, 3.63) is 41.4 Å². The normalized spacial score (nSPS) is 18.8. The van der Waals surface area contributed by atoms with Gasteiger partial charge in [-0.2, -0.15) is 0 Å². The predicted octanol–water partition coefficient (Wildman–Crippen LogP) is 3.28. The molecule has 0 bridgehead atoms. The second-order valence-electron chi connectivity index (χ2n) is 7.98. The number of nitrogens with zero attached hydrogens (tertiary/aromatic N) is 4. The Balaban J connectivity index is 1.28. The molecule has 0 aliphatic carbocycles. The highest BCUT2D eigenvalue weighted by Crippen LogP contribution is 2.27. The second-order valence-corrected chi connectivity index (χ2v) is 9.22. The molecule has 5 heterocycles. The molecule has 2 aliphatic rings. The van der Waals surface area contributed by atoms with Crippen molar-refractivity contribution < 1.29 is 9.53 Å². The monoisotopic (exact) mass is 408 g/mol. The number of carbonyl (C=O) groups excluding carboxylic acids is 1. The SMILES string of the molecule is Cc1ncc(-c2cc3cc(CC(=O)C4CCN(C5COC5)CC4)ncc3cn2)s1. The molecule has 6 nitrogen and oxygen atoms in total. The number of pyridine rings is 2. The number of hydrogen-bond acceptors (Lipinski definition) is 7. The molecule has 29 heavy (non-hydrogen) atoms. The molecule has 0 unspecified atom stereocenters. The van der Waals surface area contributed by atoms with Gasteiger partial charge < -0.3 is 4.74 Å². The van der Waals surface area contributed by atoms with Gasteiger partial charge in [0, 0.05) is 42.0 Å². The number of thiazole rings is 1. The van der Waals surface area contributed by atoms with Crippen LogP contribution in [0.2, 0.25) is 0 Å². The molecule has 3 aromatic rings. The van der Waals surface area contributed by atoms with Gasteiger partial charge in [0.25, 0.3) is 0 Å². The van der Waals surface area contributed by atoms with Crippen molar-refractivity contribution in [3.8, 4) is 10.6 Å². The number of ketones is 1. The Morgan fingerprint density at radius 3 is 2.59 bits per heavy atom. The second kappa shape index (κ2) is 7.89. The van der Waals surface area contributed by atoms with E-state index in [0.29, 0.717) is 18.2 Å². The molecule has 2 saturated heterocycles. The number of rotatable bonds is 5. The van der Waals surface area contributed by atoms with Crippen molar-refractivity contribution in [2.75, 3.05) is 26.3 Å². The van der Waals surface area contributed by atoms with E-state index in [1.165, 1.54) is 0 Å². The summed E-state index contributed by atoms with van der Waals surface area (Å²) in [6.45, 7) is 5.68. The van der Waals surface area contributed by atoms with Gasteiger partial charge in [-0.25, -0.2) is 4.98 Å². The van der Waals surface area contributed by atoms with Crippen molar-refractivity contribution in [3.63, 3.8) is 0 Å². The Kier molecular flexibility index (Phi) is 5.11. The van der Waals surface area contributed by atoms with Gasteiger partial charge in [0.05, 0.1) is 34.8 Å². The largest absolute Gasteiger partial charge is 0.378 e. The van der Waals surface area contributed by atoms with E-state index in [0.717, 1.165) is 71.2 Å². The van der Waals surface area contributed by atoms with E-state index in [1.54, 1.807) is 11.3 Å². The zero-order valence-electron chi connectivity index (χ0n) is 16.5. The van der Waals surface area contributed by atoms with E-state index in [4.69, 9.17) is 4.74 Å². The van der Waals surface area contributed by atoms with Gasteiger partial charge >= 0.3 is 0 Å². The maximum atomic E-state index is 12.9. The summed E-state index contributed by atoms with van der Waals surface area (Å²) in [6.07, 6.45) is 7.83. The van der Waals surface area contributed by atoms with Crippen LogP contribution in [0, 0.1) is 12.8 Å². The number of likely N-dealkylation sites (tertiary alicyclic amines) is 1. The standard InChI is InChI=1S/C22H24N4O2S/c1-14-23-11-22(29-14)20-7-16-6-18(24-9-17(16)10-25-20)8-21(27)15-2-4-26(5-3-15)19-12-28-13-19/h6-7,9-11,15,19H,2-5,8,12-13H2,1H3. The summed E-state index contributed by atoms with van der Waals surface area (Å²) in [4.78, 5) is 29.8. The number of hydrogen-bond donors (Lipinski definition) is 0. The van der Waals surface area contributed by atoms with Gasteiger partial charge in [-0.3, -0.25) is 19.7 Å². The molecule has 0 aromatic carbocycles. The molecular formula is C22H24N4O2S. The third-order valence-corrected chi connectivity index (χ3v) is 6.95. The lowest BCUT2D eigenvalue weighted by molar-refractivity contribution is -0.125. The average molecular weight is 409 g/mol. The summed E-state index contributed by atoms with van der Waals surface area (Å²) < 4.78 is 5.29. The van der Waals surface area contributed by atoms with E-state index < -0.39 is 0 Å². The van der Waals surface area contributed by atoms with Crippen LogP contribution >= 0.6 is 11.3 Å². The van der Waals surface area contributed by atoms with Crippen LogP contribution in [-0.4, -0.2) is 58.0 Å². The van der Waals surface area contributed by atoms with Gasteiger partial charge in [0.2, 0.25) is 0 Å². The van der Waals surface area contributed by atoms with Gasteiger partial charge in [-0.1, -0.05) is 0 Å². The van der Waals surface area contributed by atoms with Crippen molar-refractivity contribution >= 4 is 27.9 Å². The molecule has 0 N–H and O–H groups in total. The Morgan fingerprint density at radius 2 is 1.90 bits per heavy atom. The average Bonchev–Trinajstić information content (AvgIpc) is 3.13. The Bertz CT molecular complexity index is 1040. The third-order valence-electron chi connectivity index (χ3n) is 6.01. The van der Waals surface area contributed by atoms with Crippen LogP contribution in [0.4, 0.5) is 0 Å². The molecule has 3 aromatic heterocycles. The fourth-order valence-electron chi connectivity index (χ4n) is 4.14. The highest BCUT2D eigenvalue weighted by atomic mass is 32.1. The first-order chi connectivity index (χ1) is 14.2. The maximum absolute atomic E-state index is 12.9. The quantitative estimate of drug-likeness (QED) is 0.645. The van der Waals surface area contributed by atoms with Crippen LogP contribution in [-0.2, 0) is 16.0 Å². The number of Topliss-reactive ketones (excluding diaryl/α,β-unsaturated/α-hetero) is 1. The molecular weight excluding hydrogens is 384 g/mol. The number of aryl methyl sites for hydroxylation is 1. The van der Waals surface area contributed by atoms with Crippen molar-refractivity contribution in [1.82, 2.24) is 19.9 Å². The summed E-state index contributed by atoms with van der Waals surface area (Å²) in [5.74, 6) is 0.464. The summed E-state index contributed by atoms with van der Waals surface area (Å²) in [7, 11) is 0. The van der Waals surface area contributed by atoms with E-state index in [9.17, 15) is 4.79 Å². The molecule has 0 amide bonds. The molecule has 0 atom stereocenters. The molecule has 7 heteroatoms. The van der Waals surface area contributed by atoms with Crippen LogP contribution in [0.25, 0.3) is 21.3 Å². The molecule has 5 rings (SSSR count). The summed E-state index contributed by atoms with van der Waals surface area (Å²) in [6, 6.07) is 4.67. The number of piperidine rings is 1. The smallest absolute Gasteiger partial charge is 0.142 e. The minimum atomic E-state index is 0.151. The first kappa shape index (κ1) is 18.8. The van der Waals surface area contributed by atoms with Crippen LogP contribution in [0.15, 0.2) is 30.7 Å². The Labute approximate surface area is 174 Å². The molecule has 2 fully saturated rings. The van der Waals surface area contributed by atoms with Crippen LogP contribution in [0.1, 0.15) is 23.5 Å². The van der Waals surface area contributed by atoms with Gasteiger partial charge in [0.15, 0.2) is 0 Å². The highest BCUT2D eigenvalue weighted by molar-refractivity contribution is 7.15. The van der Waals surface area contributed by atoms with Crippen LogP contribution in [0.3, 0.4) is 0 Å². The Hall–Kier alpha value is -2.22. The Morgan fingerprint density at radius 1 is 1.10 bits per heavy atom. The zero-order valence-corrected chi connectivity index (χ0v) is 17.3. The fraction of sp³-hybridized carbons (Fsp3) is 0.455. The van der Waals surface area contributed by atoms with E-state index in [1.807, 2.05) is 31.6 Å². The summed E-state index contributed by atoms with van der Waals surface area (Å²) in [5, 5.41) is 3.08. The fourth-order valence-corrected chi connectivity index (χ4v) is 4.88. The minimum absolute atomic E-state index is 0.151. The molecule has 0 saturated carbocycles. The number of aromatic nitrogens is 3. The van der Waals surface area contributed by atoms with E-state index in [-0.39, 0.29) is 5.92 Å². The first-order valence-corrected chi connectivity index (χ1v) is 11.0. The minimum Gasteiger partial charge on any atom is -0.378 e. The van der Waals surface area contributed by atoms with Crippen LogP contribution in [0.5, 0.6) is 0 Å². The topological polar surface area (TPSA) is 68.2 Å². The number of carbonyl (C=O) groups is 1. The lowest BCUT2D eigenvalue weighted by Gasteiger charge is -2.41. The van der Waals surface area contributed by atoms with Crippen molar-refractivity contribution in [1.29, 1.82) is 0 Å². The summed E-state index contributed by atoms with van der Waals surface area (Å²) >= 11 is 1.64. The molecule has 2 aliphatic heterocycles. The molecule has 0 radical (unpaired) electrons. The molecule has 150 valence electrons. The van der Waals surface area contributed by atoms with Crippen molar-refractivity contribution in [2.45, 2.75) is 32.2 Å². The third kappa shape index (κ3) is 3.95. The zero-order chi connectivity index (χ0) is 19.8. The van der Waals surface area contributed by atoms with Crippen LogP contribution < -0.4 is 0 Å². The lowest BCUT2D eigenvalue weighted by Crippen LogP contribution is -2.52. The van der Waals surface area contributed by atoms with E-state index in [2.05, 4.69) is 25.9 Å².